The van der Waals surface area contributed by atoms with Crippen LogP contribution in [-0.4, -0.2) is 91.7 Å². The first-order valence-corrected chi connectivity index (χ1v) is 18.0. The molecule has 1 unspecified atom stereocenters. The number of piperazine rings is 1. The highest BCUT2D eigenvalue weighted by Crippen LogP contribution is 2.42. The van der Waals surface area contributed by atoms with Gasteiger partial charge in [-0.15, -0.1) is 0 Å². The van der Waals surface area contributed by atoms with Gasteiger partial charge < -0.3 is 24.4 Å². The Labute approximate surface area is 334 Å². The molecule has 7 rings (SSSR count). The number of nitrogens with zero attached hydrogens (tertiary/aromatic N) is 8. The highest BCUT2D eigenvalue weighted by Gasteiger charge is 2.44. The van der Waals surface area contributed by atoms with E-state index in [1.165, 1.54) is 39.7 Å². The van der Waals surface area contributed by atoms with Crippen LogP contribution in [0.1, 0.15) is 43.9 Å². The Morgan fingerprint density at radius 1 is 0.964 bits per heavy atom. The fourth-order valence-corrected chi connectivity index (χ4v) is 6.96. The summed E-state index contributed by atoms with van der Waals surface area (Å²) in [5.74, 6) is -0.392. The minimum atomic E-state index is -0.952. The number of aliphatic hydroxyl groups excluding tert-OH is 1. The van der Waals surface area contributed by atoms with Gasteiger partial charge in [-0.3, -0.25) is 0 Å². The first-order chi connectivity index (χ1) is 25.5. The summed E-state index contributed by atoms with van der Waals surface area (Å²) in [4.78, 5) is 21.3. The molecule has 1 N–H and O–H groups in total. The molecule has 298 valence electrons. The Morgan fingerprint density at radius 2 is 1.65 bits per heavy atom. The van der Waals surface area contributed by atoms with E-state index in [4.69, 9.17) is 9.47 Å². The molecule has 0 spiro atoms. The van der Waals surface area contributed by atoms with Gasteiger partial charge in [0.1, 0.15) is 42.0 Å². The first kappa shape index (κ1) is 43.5. The monoisotopic (exact) mass is 798 g/mol. The molecule has 4 heterocycles. The van der Waals surface area contributed by atoms with E-state index < -0.39 is 23.3 Å². The minimum absolute atomic E-state index is 0. The van der Waals surface area contributed by atoms with Gasteiger partial charge in [0.15, 0.2) is 0 Å². The second kappa shape index (κ2) is 19.6. The van der Waals surface area contributed by atoms with Gasteiger partial charge >= 0.3 is 5.69 Å². The van der Waals surface area contributed by atoms with Crippen LogP contribution in [0.2, 0.25) is 0 Å². The molecule has 4 atom stereocenters. The van der Waals surface area contributed by atoms with E-state index in [2.05, 4.69) is 44.2 Å². The summed E-state index contributed by atoms with van der Waals surface area (Å²) in [7, 11) is 2.14. The van der Waals surface area contributed by atoms with Gasteiger partial charge in [0.25, 0.3) is 0 Å². The first-order valence-electron chi connectivity index (χ1n) is 18.0. The zero-order valence-corrected chi connectivity index (χ0v) is 33.7. The number of hydrogen-bond acceptors (Lipinski definition) is 9. The molecule has 2 aromatic heterocycles. The number of hydrogen-bond donors (Lipinski definition) is 1. The second-order valence-corrected chi connectivity index (χ2v) is 14.0. The Hall–Kier alpha value is -4.22. The highest BCUT2D eigenvalue weighted by molar-refractivity contribution is 7.59. The van der Waals surface area contributed by atoms with Gasteiger partial charge in [0, 0.05) is 49.4 Å². The van der Waals surface area contributed by atoms with Crippen molar-refractivity contribution in [1.82, 2.24) is 34.0 Å². The van der Waals surface area contributed by atoms with Crippen LogP contribution in [-0.2, 0) is 16.9 Å². The maximum atomic E-state index is 14.6. The van der Waals surface area contributed by atoms with Crippen molar-refractivity contribution in [3.8, 4) is 11.4 Å². The zero-order chi connectivity index (χ0) is 37.5. The molecule has 16 heteroatoms. The van der Waals surface area contributed by atoms with Gasteiger partial charge in [-0.05, 0) is 76.2 Å². The largest absolute Gasteiger partial charge is 0.493 e. The van der Waals surface area contributed by atoms with E-state index in [0.717, 1.165) is 49.2 Å². The number of aryl methyl sites for hydroxylation is 1. The van der Waals surface area contributed by atoms with E-state index in [1.807, 2.05) is 50.2 Å². The number of halogens is 2. The van der Waals surface area contributed by atoms with Crippen LogP contribution in [0, 0.1) is 24.5 Å². The molecular formula is C39H52F2N8O4S2. The Morgan fingerprint density at radius 3 is 2.27 bits per heavy atom. The number of benzene rings is 3. The Kier molecular flexibility index (Phi) is 15.5. The van der Waals surface area contributed by atoms with Gasteiger partial charge in [0.05, 0.1) is 37.6 Å². The fourth-order valence-electron chi connectivity index (χ4n) is 6.96. The van der Waals surface area contributed by atoms with Crippen molar-refractivity contribution in [3.63, 3.8) is 0 Å². The molecule has 3 aromatic carbocycles. The Bertz CT molecular complexity index is 1970. The third-order valence-electron chi connectivity index (χ3n) is 10.0. The summed E-state index contributed by atoms with van der Waals surface area (Å²) in [6, 6.07) is 19.1. The maximum absolute atomic E-state index is 14.6. The lowest BCUT2D eigenvalue weighted by molar-refractivity contribution is -0.0206. The lowest BCUT2D eigenvalue weighted by Crippen LogP contribution is -2.44. The summed E-state index contributed by atoms with van der Waals surface area (Å²) in [5, 5.41) is 18.2. The third kappa shape index (κ3) is 10.6. The summed E-state index contributed by atoms with van der Waals surface area (Å²) in [5.41, 5.74) is 2.27. The lowest BCUT2D eigenvalue weighted by Gasteiger charge is -2.34. The van der Waals surface area contributed by atoms with Crippen LogP contribution >= 0.6 is 27.0 Å². The lowest BCUT2D eigenvalue weighted by atomic mass is 9.87. The van der Waals surface area contributed by atoms with E-state index in [0.29, 0.717) is 31.6 Å². The maximum Gasteiger partial charge on any atom is 0.350 e. The number of likely N-dealkylation sites (N-methyl/N-ethyl adjacent to an activating group) is 1. The van der Waals surface area contributed by atoms with Crippen molar-refractivity contribution in [2.75, 3.05) is 51.3 Å². The van der Waals surface area contributed by atoms with Crippen LogP contribution in [0.5, 0.6) is 5.75 Å². The predicted octanol–water partition coefficient (Wildman–Crippen LogP) is 5.22. The van der Waals surface area contributed by atoms with Crippen LogP contribution in [0.15, 0.2) is 90.5 Å². The SMILES string of the molecule is CCC([C@H](C)O)n1ncn(-c2ccc(N3CCN(C)CC3)cc2)c1=O.Cc1ccc(OC[C@@H]2CO[C@@](Cn3cncn3)(c3ccc(F)cc3F)C2)cc1.S.S. The van der Waals surface area contributed by atoms with Crippen molar-refractivity contribution in [2.45, 2.75) is 57.9 Å². The Balaban J connectivity index is 0.000000238. The van der Waals surface area contributed by atoms with Gasteiger partial charge in [-0.2, -0.15) is 37.2 Å². The van der Waals surface area contributed by atoms with Crippen LogP contribution < -0.4 is 15.3 Å². The molecular weight excluding hydrogens is 747 g/mol. The number of aliphatic hydroxyl groups is 1. The van der Waals surface area contributed by atoms with Crippen molar-refractivity contribution < 1.29 is 23.4 Å². The molecule has 2 aliphatic rings. The molecule has 0 saturated carbocycles. The summed E-state index contributed by atoms with van der Waals surface area (Å²) >= 11 is 0. The molecule has 55 heavy (non-hydrogen) atoms. The quantitative estimate of drug-likeness (QED) is 0.192. The molecule has 2 aliphatic heterocycles. The predicted molar refractivity (Wildman–Crippen MR) is 218 cm³/mol. The average molecular weight is 799 g/mol. The zero-order valence-electron chi connectivity index (χ0n) is 31.7. The van der Waals surface area contributed by atoms with Crippen LogP contribution in [0.25, 0.3) is 5.69 Å². The average Bonchev–Trinajstić information content (AvgIpc) is 3.91. The molecule has 2 fully saturated rings. The molecule has 5 aromatic rings. The summed E-state index contributed by atoms with van der Waals surface area (Å²) < 4.78 is 44.5. The van der Waals surface area contributed by atoms with Gasteiger partial charge in [-0.1, -0.05) is 30.7 Å². The molecule has 12 nitrogen and oxygen atoms in total. The van der Waals surface area contributed by atoms with Crippen LogP contribution in [0.4, 0.5) is 14.5 Å². The fraction of sp³-hybridized carbons (Fsp3) is 0.436. The normalized spacial score (nSPS) is 19.4. The molecule has 0 radical (unpaired) electrons. The molecule has 0 bridgehead atoms. The third-order valence-corrected chi connectivity index (χ3v) is 10.0. The summed E-state index contributed by atoms with van der Waals surface area (Å²) in [6.45, 7) is 10.9. The molecule has 0 amide bonds. The number of anilines is 1. The summed E-state index contributed by atoms with van der Waals surface area (Å²) in [6.07, 6.45) is 5.06. The number of aromatic nitrogens is 6. The van der Waals surface area contributed by atoms with E-state index in [9.17, 15) is 18.7 Å². The van der Waals surface area contributed by atoms with E-state index in [1.54, 1.807) is 17.9 Å². The van der Waals surface area contributed by atoms with Gasteiger partial charge in [0.2, 0.25) is 0 Å². The van der Waals surface area contributed by atoms with Crippen molar-refractivity contribution in [2.24, 2.45) is 5.92 Å². The van der Waals surface area contributed by atoms with E-state index >= 15 is 0 Å². The van der Waals surface area contributed by atoms with Crippen molar-refractivity contribution >= 4 is 32.7 Å². The molecule has 0 aliphatic carbocycles. The van der Waals surface area contributed by atoms with Crippen molar-refractivity contribution in [1.29, 1.82) is 0 Å². The number of ether oxygens (including phenoxy) is 2. The standard InChI is InChI=1S/C21H21F2N3O2.C18H27N5O2.2H2S/c1-15-2-5-18(6-3-15)27-10-16-9-21(28-11-16,12-26-14-24-13-25-26)19-7-4-17(22)8-20(19)23;1-4-17(14(2)24)23-18(25)22(13-19-23)16-7-5-15(6-8-16)21-11-9-20(3)10-12-21;;/h2-8,13-14,16H,9-12H2,1H3;5-8,13-14,17,24H,4,9-12H2,1-3H3;2*1H2/t16-,21+;14-,17?;;/m10../s1. The van der Waals surface area contributed by atoms with E-state index in [-0.39, 0.29) is 51.2 Å². The van der Waals surface area contributed by atoms with Crippen molar-refractivity contribution in [3.05, 3.63) is 119 Å². The second-order valence-electron chi connectivity index (χ2n) is 14.0. The highest BCUT2D eigenvalue weighted by atomic mass is 32.1. The minimum Gasteiger partial charge on any atom is -0.493 e. The van der Waals surface area contributed by atoms with Gasteiger partial charge in [-0.25, -0.2) is 32.5 Å². The topological polar surface area (TPSA) is 116 Å². The molecule has 2 saturated heterocycles. The smallest absolute Gasteiger partial charge is 0.350 e. The number of rotatable bonds is 11. The van der Waals surface area contributed by atoms with Crippen LogP contribution in [0.3, 0.4) is 0 Å².